The van der Waals surface area contributed by atoms with Crippen LogP contribution in [0.25, 0.3) is 0 Å². The Kier molecular flexibility index (Phi) is 13.8. The molecule has 0 aromatic heterocycles. The Bertz CT molecular complexity index is 671. The van der Waals surface area contributed by atoms with Gasteiger partial charge in [0.05, 0.1) is 17.9 Å². The molecule has 0 rings (SSSR count). The number of rotatable bonds is 15. The minimum absolute atomic E-state index is 0.00870. The highest BCUT2D eigenvalue weighted by molar-refractivity contribution is 5.83. The Morgan fingerprint density at radius 1 is 0.818 bits per heavy atom. The third-order valence-corrected chi connectivity index (χ3v) is 6.10. The van der Waals surface area contributed by atoms with E-state index >= 15 is 0 Å². The van der Waals surface area contributed by atoms with E-state index in [0.717, 1.165) is 0 Å². The highest BCUT2D eigenvalue weighted by Gasteiger charge is 2.41. The van der Waals surface area contributed by atoms with Crippen molar-refractivity contribution in [2.75, 3.05) is 6.61 Å². The fourth-order valence-corrected chi connectivity index (χ4v) is 3.81. The number of carbonyl (C=O) groups is 4. The second-order valence-corrected chi connectivity index (χ2v) is 8.93. The molecule has 0 aliphatic rings. The van der Waals surface area contributed by atoms with Crippen LogP contribution in [0.4, 0.5) is 4.79 Å². The first-order valence-corrected chi connectivity index (χ1v) is 11.7. The van der Waals surface area contributed by atoms with Crippen LogP contribution in [0, 0.1) is 29.6 Å². The molecule has 0 radical (unpaired) electrons. The lowest BCUT2D eigenvalue weighted by Crippen LogP contribution is -2.46. The van der Waals surface area contributed by atoms with Crippen LogP contribution in [0.5, 0.6) is 0 Å². The summed E-state index contributed by atoms with van der Waals surface area (Å²) >= 11 is 0. The first-order chi connectivity index (χ1) is 15.3. The zero-order chi connectivity index (χ0) is 25.9. The fourth-order valence-electron chi connectivity index (χ4n) is 3.81. The van der Waals surface area contributed by atoms with Crippen molar-refractivity contribution in [3.05, 3.63) is 12.7 Å². The molecule has 0 aliphatic carbocycles. The number of aliphatic hydroxyl groups is 1. The van der Waals surface area contributed by atoms with Crippen molar-refractivity contribution >= 4 is 23.7 Å². The van der Waals surface area contributed by atoms with Crippen LogP contribution in [0.15, 0.2) is 12.7 Å². The summed E-state index contributed by atoms with van der Waals surface area (Å²) in [6.07, 6.45) is -1.80. The van der Waals surface area contributed by atoms with Gasteiger partial charge in [0.25, 0.3) is 0 Å². The van der Waals surface area contributed by atoms with Gasteiger partial charge in [-0.2, -0.15) is 0 Å². The van der Waals surface area contributed by atoms with Crippen molar-refractivity contribution in [1.29, 1.82) is 0 Å². The van der Waals surface area contributed by atoms with E-state index in [2.05, 4.69) is 6.58 Å². The molecular formula is C25H42O8. The van der Waals surface area contributed by atoms with Gasteiger partial charge < -0.3 is 19.3 Å². The van der Waals surface area contributed by atoms with Crippen molar-refractivity contribution in [3.8, 4) is 0 Å². The molecule has 190 valence electrons. The average Bonchev–Trinajstić information content (AvgIpc) is 2.80. The lowest BCUT2D eigenvalue weighted by Gasteiger charge is -2.36. The van der Waals surface area contributed by atoms with E-state index < -0.39 is 54.1 Å². The maximum absolute atomic E-state index is 12.9. The minimum Gasteiger partial charge on any atom is -0.461 e. The lowest BCUT2D eigenvalue weighted by molar-refractivity contribution is -0.169. The summed E-state index contributed by atoms with van der Waals surface area (Å²) in [6.45, 7) is 17.0. The van der Waals surface area contributed by atoms with Crippen LogP contribution in [-0.4, -0.2) is 53.7 Å². The molecule has 33 heavy (non-hydrogen) atoms. The largest absolute Gasteiger partial charge is 0.508 e. The van der Waals surface area contributed by atoms with E-state index in [9.17, 15) is 24.3 Å². The molecule has 0 fully saturated rings. The van der Waals surface area contributed by atoms with Gasteiger partial charge in [0, 0.05) is 24.7 Å². The van der Waals surface area contributed by atoms with E-state index in [1.807, 2.05) is 13.8 Å². The highest BCUT2D eigenvalue weighted by atomic mass is 16.7. The highest BCUT2D eigenvalue weighted by Crippen LogP contribution is 2.29. The fraction of sp³-hybridized carbons (Fsp3) is 0.760. The third-order valence-electron chi connectivity index (χ3n) is 6.10. The summed E-state index contributed by atoms with van der Waals surface area (Å²) in [6, 6.07) is 0. The normalized spacial score (nSPS) is 17.6. The number of ether oxygens (including phenoxy) is 3. The van der Waals surface area contributed by atoms with Gasteiger partial charge in [-0.1, -0.05) is 61.1 Å². The number of aliphatic hydroxyl groups excluding tert-OH is 1. The molecule has 8 heteroatoms. The van der Waals surface area contributed by atoms with Crippen LogP contribution in [0.1, 0.15) is 68.2 Å². The molecule has 1 N–H and O–H groups in total. The summed E-state index contributed by atoms with van der Waals surface area (Å²) in [5.41, 5.74) is 0. The standard InChI is InChI=1S/C25H42O8/c1-10-13-31-25(30)33-22(14(4)5)18(9)23(16(7)20(27)12-3)32-24(29)17(8)21(28)15(6)19(26)11-2/h10,14-18,21-23,28H,1,11-13H2,2-9H3/t15-,16-,17-,18+,21-,22+,23-/m1/s1. The Morgan fingerprint density at radius 3 is 1.79 bits per heavy atom. The lowest BCUT2D eigenvalue weighted by atomic mass is 9.82. The van der Waals surface area contributed by atoms with Gasteiger partial charge in [0.15, 0.2) is 0 Å². The first-order valence-electron chi connectivity index (χ1n) is 11.7. The molecule has 0 saturated heterocycles. The summed E-state index contributed by atoms with van der Waals surface area (Å²) in [4.78, 5) is 49.5. The van der Waals surface area contributed by atoms with Gasteiger partial charge in [-0.25, -0.2) is 4.79 Å². The average molecular weight is 471 g/mol. The van der Waals surface area contributed by atoms with Crippen molar-refractivity contribution in [2.45, 2.75) is 86.5 Å². The molecule has 7 atom stereocenters. The second kappa shape index (κ2) is 14.8. The maximum Gasteiger partial charge on any atom is 0.508 e. The Morgan fingerprint density at radius 2 is 1.33 bits per heavy atom. The van der Waals surface area contributed by atoms with E-state index in [4.69, 9.17) is 14.2 Å². The quantitative estimate of drug-likeness (QED) is 0.281. The minimum atomic E-state index is -1.22. The Labute approximate surface area is 198 Å². The van der Waals surface area contributed by atoms with Crippen molar-refractivity contribution in [2.24, 2.45) is 29.6 Å². The predicted molar refractivity (Wildman–Crippen MR) is 124 cm³/mol. The van der Waals surface area contributed by atoms with Crippen LogP contribution in [0.3, 0.4) is 0 Å². The van der Waals surface area contributed by atoms with Gasteiger partial charge in [-0.3, -0.25) is 14.4 Å². The number of ketones is 2. The van der Waals surface area contributed by atoms with E-state index in [1.54, 1.807) is 34.6 Å². The number of esters is 1. The van der Waals surface area contributed by atoms with Crippen LogP contribution >= 0.6 is 0 Å². The van der Waals surface area contributed by atoms with E-state index in [-0.39, 0.29) is 36.9 Å². The van der Waals surface area contributed by atoms with Crippen molar-refractivity contribution < 1.29 is 38.5 Å². The van der Waals surface area contributed by atoms with Crippen LogP contribution < -0.4 is 0 Å². The van der Waals surface area contributed by atoms with Crippen molar-refractivity contribution in [3.63, 3.8) is 0 Å². The molecular weight excluding hydrogens is 428 g/mol. The smallest absolute Gasteiger partial charge is 0.461 e. The number of hydrogen-bond donors (Lipinski definition) is 1. The first kappa shape index (κ1) is 30.8. The van der Waals surface area contributed by atoms with Gasteiger partial charge in [0.2, 0.25) is 0 Å². The maximum atomic E-state index is 12.9. The molecule has 0 saturated carbocycles. The molecule has 8 nitrogen and oxygen atoms in total. The molecule has 0 spiro atoms. The van der Waals surface area contributed by atoms with E-state index in [0.29, 0.717) is 0 Å². The zero-order valence-electron chi connectivity index (χ0n) is 21.3. The van der Waals surface area contributed by atoms with Gasteiger partial charge in [-0.05, 0) is 12.8 Å². The molecule has 0 bridgehead atoms. The van der Waals surface area contributed by atoms with Gasteiger partial charge in [-0.15, -0.1) is 0 Å². The molecule has 0 unspecified atom stereocenters. The Hall–Kier alpha value is -2.22. The Balaban J connectivity index is 5.79. The third kappa shape index (κ3) is 9.27. The summed E-state index contributed by atoms with van der Waals surface area (Å²) in [5.74, 6) is -4.07. The molecule has 0 aromatic rings. The van der Waals surface area contributed by atoms with Crippen LogP contribution in [0.2, 0.25) is 0 Å². The summed E-state index contributed by atoms with van der Waals surface area (Å²) < 4.78 is 16.2. The zero-order valence-corrected chi connectivity index (χ0v) is 21.3. The van der Waals surface area contributed by atoms with E-state index in [1.165, 1.54) is 13.0 Å². The molecule has 0 aromatic carbocycles. The second-order valence-electron chi connectivity index (χ2n) is 8.93. The van der Waals surface area contributed by atoms with Crippen LogP contribution in [-0.2, 0) is 28.6 Å². The van der Waals surface area contributed by atoms with Gasteiger partial charge in [0.1, 0.15) is 30.4 Å². The van der Waals surface area contributed by atoms with Crippen molar-refractivity contribution in [1.82, 2.24) is 0 Å². The number of hydrogen-bond acceptors (Lipinski definition) is 8. The monoisotopic (exact) mass is 470 g/mol. The molecule has 0 aliphatic heterocycles. The predicted octanol–water partition coefficient (Wildman–Crippen LogP) is 4.13. The SMILES string of the molecule is C=CCOC(=O)O[C@@H](C(C)C)[C@H](C)[C@H](OC(=O)[C@H](C)[C@H](O)[C@H](C)C(=O)CC)[C@H](C)C(=O)CC. The van der Waals surface area contributed by atoms with Gasteiger partial charge >= 0.3 is 12.1 Å². The number of carbonyl (C=O) groups excluding carboxylic acids is 4. The molecule has 0 amide bonds. The topological polar surface area (TPSA) is 116 Å². The molecule has 0 heterocycles. The summed E-state index contributed by atoms with van der Waals surface area (Å²) in [5, 5.41) is 10.5. The summed E-state index contributed by atoms with van der Waals surface area (Å²) in [7, 11) is 0. The number of Topliss-reactive ketones (excluding diaryl/α,β-unsaturated/α-hetero) is 2.